The zero-order chi connectivity index (χ0) is 28.1. The smallest absolute Gasteiger partial charge is 0.276 e. The second-order valence-corrected chi connectivity index (χ2v) is 9.07. The zero-order valence-electron chi connectivity index (χ0n) is 22.1. The van der Waals surface area contributed by atoms with E-state index in [1.54, 1.807) is 4.90 Å². The van der Waals surface area contributed by atoms with Gasteiger partial charge < -0.3 is 24.3 Å². The third kappa shape index (κ3) is 5.85. The maximum absolute atomic E-state index is 14.0. The Labute approximate surface area is 225 Å². The first-order valence-electron chi connectivity index (χ1n) is 12.9. The van der Waals surface area contributed by atoms with Gasteiger partial charge in [0.05, 0.1) is 13.2 Å². The molecular weight excluding hydrogens is 508 g/mol. The third-order valence-corrected chi connectivity index (χ3v) is 6.58. The van der Waals surface area contributed by atoms with Crippen LogP contribution in [0.3, 0.4) is 0 Å². The van der Waals surface area contributed by atoms with Crippen molar-refractivity contribution in [2.45, 2.75) is 59.2 Å². The van der Waals surface area contributed by atoms with Crippen molar-refractivity contribution < 1.29 is 27.8 Å². The number of carbonyl (C=O) groups excluding carboxylic acids is 2. The Morgan fingerprint density at radius 1 is 1.13 bits per heavy atom. The van der Waals surface area contributed by atoms with E-state index < -0.39 is 35.1 Å². The van der Waals surface area contributed by atoms with Gasteiger partial charge in [-0.2, -0.15) is 0 Å². The lowest BCUT2D eigenvalue weighted by atomic mass is 10.1. The summed E-state index contributed by atoms with van der Waals surface area (Å²) in [4.78, 5) is 41.7. The van der Waals surface area contributed by atoms with Crippen molar-refractivity contribution in [1.29, 1.82) is 0 Å². The largest absolute Gasteiger partial charge is 0.483 e. The van der Waals surface area contributed by atoms with Gasteiger partial charge in [-0.25, -0.2) is 8.78 Å². The number of hydrogen-bond acceptors (Lipinski definition) is 5. The number of halogens is 2. The molecule has 1 N–H and O–H groups in total. The Bertz CT molecular complexity index is 1410. The molecule has 10 heteroatoms. The van der Waals surface area contributed by atoms with Crippen molar-refractivity contribution in [3.05, 3.63) is 99.0 Å². The molecule has 3 aromatic rings. The summed E-state index contributed by atoms with van der Waals surface area (Å²) >= 11 is 0. The average Bonchev–Trinajstić information content (AvgIpc) is 2.93. The second-order valence-electron chi connectivity index (χ2n) is 9.07. The Hall–Kier alpha value is -4.05. The molecule has 1 saturated heterocycles. The fourth-order valence-corrected chi connectivity index (χ4v) is 4.60. The second kappa shape index (κ2) is 12.2. The molecule has 0 aliphatic carbocycles. The van der Waals surface area contributed by atoms with Crippen LogP contribution in [-0.2, 0) is 24.4 Å². The van der Waals surface area contributed by atoms with Crippen molar-refractivity contribution >= 4 is 11.8 Å². The molecule has 2 aromatic carbocycles. The number of hydrogen-bond donors (Lipinski definition) is 1. The van der Waals surface area contributed by atoms with Crippen LogP contribution in [0.15, 0.2) is 59.5 Å². The topological polar surface area (TPSA) is 89.9 Å². The summed E-state index contributed by atoms with van der Waals surface area (Å²) in [5, 5.41) is 2.50. The van der Waals surface area contributed by atoms with E-state index in [9.17, 15) is 23.2 Å². The predicted molar refractivity (Wildman–Crippen MR) is 140 cm³/mol. The molecule has 0 spiro atoms. The lowest BCUT2D eigenvalue weighted by Crippen LogP contribution is -2.57. The molecule has 8 nitrogen and oxygen atoms in total. The number of carbonyl (C=O) groups is 2. The van der Waals surface area contributed by atoms with E-state index in [-0.39, 0.29) is 48.3 Å². The Morgan fingerprint density at radius 2 is 1.87 bits per heavy atom. The van der Waals surface area contributed by atoms with Crippen molar-refractivity contribution in [1.82, 2.24) is 14.8 Å². The molecule has 3 heterocycles. The monoisotopic (exact) mass is 539 g/mol. The normalized spacial score (nSPS) is 17.9. The van der Waals surface area contributed by atoms with Crippen LogP contribution in [0.5, 0.6) is 5.75 Å². The molecule has 2 aliphatic rings. The molecule has 206 valence electrons. The highest BCUT2D eigenvalue weighted by Crippen LogP contribution is 2.30. The van der Waals surface area contributed by atoms with Crippen LogP contribution in [0.2, 0.25) is 0 Å². The standard InChI is InChI=1S/C27H25F2N3O5.C2H6/c1-16-9-10-36-22-14-31-13-20(26(34)30-12-18-7-8-19(28)11-21(18)29)24(33)25(23(31)27(35)32(16)22)37-15-17-5-3-2-4-6-17;1-2/h2-8,11,13,16,22H,9-10,12,14-15H2,1H3,(H,30,34);1-2H3/t16-,22?;/m1./s1. The van der Waals surface area contributed by atoms with E-state index >= 15 is 0 Å². The highest BCUT2D eigenvalue weighted by Gasteiger charge is 2.41. The van der Waals surface area contributed by atoms with Gasteiger partial charge in [0.15, 0.2) is 17.7 Å². The summed E-state index contributed by atoms with van der Waals surface area (Å²) in [6.45, 7) is 6.36. The number of aromatic nitrogens is 1. The predicted octanol–water partition coefficient (Wildman–Crippen LogP) is 4.25. The minimum absolute atomic E-state index is 0.0116. The lowest BCUT2D eigenvalue weighted by molar-refractivity contribution is -0.112. The van der Waals surface area contributed by atoms with Crippen molar-refractivity contribution in [2.75, 3.05) is 6.61 Å². The lowest BCUT2D eigenvalue weighted by Gasteiger charge is -2.44. The minimum Gasteiger partial charge on any atom is -0.483 e. The van der Waals surface area contributed by atoms with Gasteiger partial charge in [-0.1, -0.05) is 50.2 Å². The van der Waals surface area contributed by atoms with Gasteiger partial charge in [0, 0.05) is 30.4 Å². The average molecular weight is 540 g/mol. The van der Waals surface area contributed by atoms with Crippen LogP contribution in [0, 0.1) is 11.6 Å². The Balaban J connectivity index is 0.00000172. The van der Waals surface area contributed by atoms with Crippen LogP contribution in [0.25, 0.3) is 0 Å². The first-order chi connectivity index (χ1) is 18.8. The van der Waals surface area contributed by atoms with Crippen LogP contribution >= 0.6 is 0 Å². The molecule has 1 aromatic heterocycles. The zero-order valence-corrected chi connectivity index (χ0v) is 22.1. The fraction of sp³-hybridized carbons (Fsp3) is 0.345. The van der Waals surface area contributed by atoms with Gasteiger partial charge in [0.1, 0.15) is 23.8 Å². The molecule has 5 rings (SSSR count). The maximum atomic E-state index is 14.0. The molecule has 2 aliphatic heterocycles. The molecule has 0 bridgehead atoms. The summed E-state index contributed by atoms with van der Waals surface area (Å²) in [6, 6.07) is 12.0. The summed E-state index contributed by atoms with van der Waals surface area (Å²) < 4.78 is 40.4. The van der Waals surface area contributed by atoms with Gasteiger partial charge in [0.25, 0.3) is 11.8 Å². The first kappa shape index (κ1) is 28.0. The van der Waals surface area contributed by atoms with E-state index in [0.717, 1.165) is 11.6 Å². The Morgan fingerprint density at radius 3 is 2.59 bits per heavy atom. The molecule has 1 fully saturated rings. The minimum atomic E-state index is -0.816. The summed E-state index contributed by atoms with van der Waals surface area (Å²) in [7, 11) is 0. The number of nitrogens with zero attached hydrogens (tertiary/aromatic N) is 2. The molecular formula is C29H31F2N3O5. The van der Waals surface area contributed by atoms with Crippen LogP contribution in [0.1, 0.15) is 59.2 Å². The van der Waals surface area contributed by atoms with E-state index in [2.05, 4.69) is 5.32 Å². The van der Waals surface area contributed by atoms with Crippen LogP contribution < -0.4 is 15.5 Å². The van der Waals surface area contributed by atoms with E-state index in [1.807, 2.05) is 51.1 Å². The number of amides is 2. The molecule has 39 heavy (non-hydrogen) atoms. The molecule has 0 radical (unpaired) electrons. The van der Waals surface area contributed by atoms with Crippen LogP contribution in [-0.4, -0.2) is 40.2 Å². The quantitative estimate of drug-likeness (QED) is 0.506. The van der Waals surface area contributed by atoms with E-state index in [1.165, 1.54) is 16.8 Å². The highest BCUT2D eigenvalue weighted by atomic mass is 19.1. The number of benzene rings is 2. The summed E-state index contributed by atoms with van der Waals surface area (Å²) in [5.41, 5.74) is -0.131. The van der Waals surface area contributed by atoms with Crippen LogP contribution in [0.4, 0.5) is 8.78 Å². The number of nitrogens with one attached hydrogen (secondary N) is 1. The van der Waals surface area contributed by atoms with Gasteiger partial charge in [-0.05, 0) is 25.0 Å². The van der Waals surface area contributed by atoms with Gasteiger partial charge in [0.2, 0.25) is 5.43 Å². The highest BCUT2D eigenvalue weighted by molar-refractivity contribution is 5.99. The maximum Gasteiger partial charge on any atom is 0.276 e. The number of fused-ring (bicyclic) bond motifs is 2. The number of pyridine rings is 1. The molecule has 2 atom stereocenters. The van der Waals surface area contributed by atoms with E-state index in [0.29, 0.717) is 19.1 Å². The first-order valence-corrected chi connectivity index (χ1v) is 12.9. The van der Waals surface area contributed by atoms with Crippen molar-refractivity contribution in [3.8, 4) is 5.75 Å². The SMILES string of the molecule is CC.C[C@@H]1CCOC2Cn3cc(C(=O)NCc4ccc(F)cc4F)c(=O)c(OCc4ccccc4)c3C(=O)N21. The summed E-state index contributed by atoms with van der Waals surface area (Å²) in [5.74, 6) is -2.97. The van der Waals surface area contributed by atoms with Crippen molar-refractivity contribution in [2.24, 2.45) is 0 Å². The fourth-order valence-electron chi connectivity index (χ4n) is 4.60. The van der Waals surface area contributed by atoms with E-state index in [4.69, 9.17) is 9.47 Å². The number of rotatable bonds is 6. The molecule has 0 saturated carbocycles. The third-order valence-electron chi connectivity index (χ3n) is 6.58. The van der Waals surface area contributed by atoms with Gasteiger partial charge in [-0.3, -0.25) is 14.4 Å². The van der Waals surface area contributed by atoms with Gasteiger partial charge in [-0.15, -0.1) is 0 Å². The summed E-state index contributed by atoms with van der Waals surface area (Å²) in [6.07, 6.45) is 1.42. The molecule has 1 unspecified atom stereocenters. The number of ether oxygens (including phenoxy) is 2. The van der Waals surface area contributed by atoms with Gasteiger partial charge >= 0.3 is 0 Å². The van der Waals surface area contributed by atoms with Crippen molar-refractivity contribution in [3.63, 3.8) is 0 Å². The Kier molecular flexibility index (Phi) is 8.75. The molecule has 2 amide bonds.